The highest BCUT2D eigenvalue weighted by Crippen LogP contribution is 2.45. The number of phenols is 4. The molecule has 4 aromatic rings. The molecule has 5 atom stereocenters. The number of hydrogen-bond donors (Lipinski definition) is 7. The average Bonchev–Trinajstić information content (AvgIpc) is 3.04. The molecule has 1 aromatic heterocycles. The van der Waals surface area contributed by atoms with Crippen LogP contribution in [-0.2, 0) is 14.3 Å². The third-order valence-corrected chi connectivity index (χ3v) is 7.16. The predicted molar refractivity (Wildman–Crippen MR) is 160 cm³/mol. The Bertz CT molecular complexity index is 1730. The summed E-state index contributed by atoms with van der Waals surface area (Å²) >= 11 is 0. The van der Waals surface area contributed by atoms with Crippen LogP contribution in [0, 0.1) is 0 Å². The van der Waals surface area contributed by atoms with E-state index in [2.05, 4.69) is 0 Å². The van der Waals surface area contributed by atoms with Crippen molar-refractivity contribution in [1.29, 1.82) is 0 Å². The van der Waals surface area contributed by atoms with Crippen molar-refractivity contribution >= 4 is 23.0 Å². The molecule has 0 spiro atoms. The van der Waals surface area contributed by atoms with E-state index in [0.717, 1.165) is 12.1 Å². The molecule has 2 heterocycles. The number of hydrogen-bond acceptors (Lipinski definition) is 13. The van der Waals surface area contributed by atoms with E-state index in [0.29, 0.717) is 5.56 Å². The van der Waals surface area contributed by atoms with Gasteiger partial charge in [-0.15, -0.1) is 0 Å². The van der Waals surface area contributed by atoms with E-state index in [9.17, 15) is 40.5 Å². The summed E-state index contributed by atoms with van der Waals surface area (Å²) in [4.78, 5) is 12.3. The maximum Gasteiger partial charge on any atom is 0.402 e. The molecule has 0 bridgehead atoms. The molecule has 1 aliphatic heterocycles. The fourth-order valence-corrected chi connectivity index (χ4v) is 4.74. The van der Waals surface area contributed by atoms with Crippen LogP contribution in [0.3, 0.4) is 0 Å². The lowest BCUT2D eigenvalue weighted by Gasteiger charge is -2.39. The number of aliphatic hydroxyl groups is 3. The minimum atomic E-state index is -1.81. The number of ether oxygens (including phenoxy) is 5. The standard InChI is InChI=1S/C32H30O14.ClH/c1-41-22-9-16(10-23(42-2)27(22)37)31-24(13-19-20(35)11-18(34)12-21(19)44-31)45-32-30(40)29(39)28(38)25(46-32)14-43-26(36)8-5-15-3-6-17(33)7-4-15;/h3-13,25,28-30,32,38-40H,14H2,1-2H3,(H3-,33,34,35,36,37);1H/t25-,28-,29+,30-,32-;/m1./s1. The van der Waals surface area contributed by atoms with Crippen molar-refractivity contribution in [1.82, 2.24) is 0 Å². The second-order valence-electron chi connectivity index (χ2n) is 10.2. The zero-order chi connectivity index (χ0) is 33.1. The predicted octanol–water partition coefficient (Wildman–Crippen LogP) is -0.332. The van der Waals surface area contributed by atoms with Crippen LogP contribution in [0.4, 0.5) is 0 Å². The maximum atomic E-state index is 12.3. The van der Waals surface area contributed by atoms with Gasteiger partial charge in [-0.05, 0) is 23.8 Å². The number of aliphatic hydroxyl groups excluding tert-OH is 3. The molecule has 1 saturated heterocycles. The van der Waals surface area contributed by atoms with Gasteiger partial charge in [0.05, 0.1) is 25.8 Å². The molecule has 1 fully saturated rings. The van der Waals surface area contributed by atoms with E-state index in [1.165, 1.54) is 56.7 Å². The van der Waals surface area contributed by atoms with Crippen LogP contribution in [0.25, 0.3) is 28.4 Å². The summed E-state index contributed by atoms with van der Waals surface area (Å²) in [6.07, 6.45) is -5.74. The highest BCUT2D eigenvalue weighted by Gasteiger charge is 2.46. The van der Waals surface area contributed by atoms with E-state index in [-0.39, 0.29) is 74.9 Å². The van der Waals surface area contributed by atoms with Crippen molar-refractivity contribution in [2.24, 2.45) is 0 Å². The summed E-state index contributed by atoms with van der Waals surface area (Å²) in [7, 11) is 2.64. The first kappa shape index (κ1) is 34.9. The summed E-state index contributed by atoms with van der Waals surface area (Å²) in [6.45, 7) is -0.537. The van der Waals surface area contributed by atoms with Crippen molar-refractivity contribution in [3.05, 3.63) is 66.2 Å². The topological polar surface area (TPSA) is 216 Å². The summed E-state index contributed by atoms with van der Waals surface area (Å²) < 4.78 is 33.4. The Hall–Kier alpha value is -4.99. The van der Waals surface area contributed by atoms with Crippen LogP contribution in [-0.4, -0.2) is 93.2 Å². The number of carbonyl (C=O) groups excluding carboxylic acids is 1. The molecule has 0 saturated carbocycles. The number of esters is 1. The Labute approximate surface area is 273 Å². The van der Waals surface area contributed by atoms with E-state index in [1.54, 1.807) is 12.1 Å². The van der Waals surface area contributed by atoms with Crippen LogP contribution in [0.2, 0.25) is 0 Å². The molecule has 3 aromatic carbocycles. The van der Waals surface area contributed by atoms with Crippen molar-refractivity contribution < 1.29 is 81.0 Å². The van der Waals surface area contributed by atoms with Crippen molar-refractivity contribution in [3.8, 4) is 51.6 Å². The van der Waals surface area contributed by atoms with Crippen molar-refractivity contribution in [2.75, 3.05) is 20.8 Å². The van der Waals surface area contributed by atoms with Gasteiger partial charge in [-0.1, -0.05) is 12.1 Å². The first-order valence-corrected chi connectivity index (χ1v) is 13.8. The van der Waals surface area contributed by atoms with Crippen LogP contribution in [0.15, 0.2) is 65.1 Å². The zero-order valence-corrected chi connectivity index (χ0v) is 25.6. The van der Waals surface area contributed by atoms with E-state index < -0.39 is 43.3 Å². The molecule has 47 heavy (non-hydrogen) atoms. The van der Waals surface area contributed by atoms with Gasteiger partial charge in [0.2, 0.25) is 17.8 Å². The summed E-state index contributed by atoms with van der Waals surface area (Å²) in [6, 6.07) is 12.5. The lowest BCUT2D eigenvalue weighted by molar-refractivity contribution is -0.278. The third kappa shape index (κ3) is 7.53. The van der Waals surface area contributed by atoms with E-state index in [1.807, 2.05) is 0 Å². The molecule has 0 aliphatic carbocycles. The largest absolute Gasteiger partial charge is 1.00 e. The number of halogens is 1. The van der Waals surface area contributed by atoms with E-state index >= 15 is 0 Å². The fourth-order valence-electron chi connectivity index (χ4n) is 4.74. The lowest BCUT2D eigenvalue weighted by atomic mass is 9.99. The molecule has 14 nitrogen and oxygen atoms in total. The molecular weight excluding hydrogens is 644 g/mol. The Morgan fingerprint density at radius 3 is 2.15 bits per heavy atom. The molecule has 1 aliphatic rings. The Balaban J connectivity index is 0.00000500. The Kier molecular flexibility index (Phi) is 10.8. The highest BCUT2D eigenvalue weighted by molar-refractivity contribution is 5.89. The summed E-state index contributed by atoms with van der Waals surface area (Å²) in [5.74, 6) is -1.92. The molecule has 250 valence electrons. The van der Waals surface area contributed by atoms with E-state index in [4.69, 9.17) is 28.1 Å². The summed E-state index contributed by atoms with van der Waals surface area (Å²) in [5.41, 5.74) is 0.858. The average molecular weight is 675 g/mol. The van der Waals surface area contributed by atoms with Crippen LogP contribution < -0.4 is 26.6 Å². The monoisotopic (exact) mass is 674 g/mol. The van der Waals surface area contributed by atoms with Gasteiger partial charge >= 0.3 is 17.3 Å². The Morgan fingerprint density at radius 2 is 1.51 bits per heavy atom. The van der Waals surface area contributed by atoms with Crippen LogP contribution in [0.1, 0.15) is 5.56 Å². The SMILES string of the molecule is COc1cc(-c2[o+]c3cc(O)cc(O)c3cc2O[C@@H]2O[C@H](COC(=O)/C=C/c3ccc(O)cc3)[C@@H](O)[C@H](O)[C@H]2O)cc(OC)c1O.[Cl-]. The molecule has 0 amide bonds. The smallest absolute Gasteiger partial charge is 0.402 e. The normalized spacial score (nSPS) is 20.8. The summed E-state index contributed by atoms with van der Waals surface area (Å²) in [5, 5.41) is 72.4. The number of aromatic hydroxyl groups is 4. The van der Waals surface area contributed by atoms with Crippen molar-refractivity contribution in [3.63, 3.8) is 0 Å². The highest BCUT2D eigenvalue weighted by atomic mass is 35.5. The van der Waals surface area contributed by atoms with Gasteiger partial charge in [-0.2, -0.15) is 0 Å². The van der Waals surface area contributed by atoms with Gasteiger partial charge in [0.1, 0.15) is 53.7 Å². The number of carbonyl (C=O) groups is 1. The first-order chi connectivity index (χ1) is 22.0. The minimum Gasteiger partial charge on any atom is -1.00 e. The molecule has 5 rings (SSSR count). The van der Waals surface area contributed by atoms with Gasteiger partial charge < -0.3 is 71.8 Å². The number of phenolic OH excluding ortho intramolecular Hbond substituents is 4. The number of rotatable bonds is 9. The quantitative estimate of drug-likeness (QED) is 0.0688. The minimum absolute atomic E-state index is 0. The van der Waals surface area contributed by atoms with Crippen LogP contribution >= 0.6 is 0 Å². The number of methoxy groups -OCH3 is 2. The van der Waals surface area contributed by atoms with Crippen LogP contribution in [0.5, 0.6) is 40.2 Å². The molecule has 7 N–H and O–H groups in total. The van der Waals surface area contributed by atoms with Gasteiger partial charge in [-0.25, -0.2) is 9.21 Å². The van der Waals surface area contributed by atoms with Gasteiger partial charge in [0.15, 0.2) is 11.5 Å². The van der Waals surface area contributed by atoms with Gasteiger partial charge in [0.25, 0.3) is 0 Å². The molecule has 15 heteroatoms. The third-order valence-electron chi connectivity index (χ3n) is 7.16. The van der Waals surface area contributed by atoms with Crippen molar-refractivity contribution in [2.45, 2.75) is 30.7 Å². The molecule has 0 unspecified atom stereocenters. The maximum absolute atomic E-state index is 12.3. The molecular formula is C32H31ClO14. The Morgan fingerprint density at radius 1 is 0.851 bits per heavy atom. The second kappa shape index (κ2) is 14.6. The fraction of sp³-hybridized carbons (Fsp3) is 0.250. The number of benzene rings is 3. The lowest BCUT2D eigenvalue weighted by Crippen LogP contribution is -3.00. The first-order valence-electron chi connectivity index (χ1n) is 13.8. The second-order valence-corrected chi connectivity index (χ2v) is 10.2. The molecule has 0 radical (unpaired) electrons. The zero-order valence-electron chi connectivity index (χ0n) is 24.8. The number of fused-ring (bicyclic) bond motifs is 1. The van der Waals surface area contributed by atoms with Gasteiger partial charge in [0, 0.05) is 30.3 Å². The van der Waals surface area contributed by atoms with Gasteiger partial charge in [-0.3, -0.25) is 0 Å².